The van der Waals surface area contributed by atoms with Crippen molar-refractivity contribution in [3.05, 3.63) is 0 Å². The summed E-state index contributed by atoms with van der Waals surface area (Å²) in [6.07, 6.45) is 9.99. The second-order valence-corrected chi connectivity index (χ2v) is 5.27. The minimum atomic E-state index is 0.260. The number of nitrogens with zero attached hydrogens (tertiary/aromatic N) is 2. The Morgan fingerprint density at radius 1 is 1.17 bits per heavy atom. The number of amidine groups is 1. The Hall–Kier alpha value is -0.570. The molecule has 1 aliphatic rings. The SMILES string of the molecule is CCCCCCCCC1=NC(CCO)CN1CC. The molecule has 0 aromatic carbocycles. The number of unbranched alkanes of at least 4 members (excludes halogenated alkanes) is 5. The molecule has 0 aromatic rings. The van der Waals surface area contributed by atoms with Gasteiger partial charge in [-0.15, -0.1) is 0 Å². The predicted octanol–water partition coefficient (Wildman–Crippen LogP) is 3.22. The van der Waals surface area contributed by atoms with Crippen LogP contribution in [0.15, 0.2) is 4.99 Å². The highest BCUT2D eigenvalue weighted by molar-refractivity contribution is 5.84. The first-order valence-corrected chi connectivity index (χ1v) is 7.74. The molecule has 3 nitrogen and oxygen atoms in total. The van der Waals surface area contributed by atoms with Gasteiger partial charge in [0, 0.05) is 26.1 Å². The molecule has 1 unspecified atom stereocenters. The van der Waals surface area contributed by atoms with Gasteiger partial charge in [-0.05, 0) is 19.8 Å². The van der Waals surface area contributed by atoms with Crippen molar-refractivity contribution in [2.75, 3.05) is 19.7 Å². The average Bonchev–Trinajstić information content (AvgIpc) is 2.76. The monoisotopic (exact) mass is 254 g/mol. The molecule has 0 spiro atoms. The van der Waals surface area contributed by atoms with E-state index in [2.05, 4.69) is 18.7 Å². The van der Waals surface area contributed by atoms with E-state index in [1.165, 1.54) is 44.4 Å². The van der Waals surface area contributed by atoms with Gasteiger partial charge in [0.05, 0.1) is 11.9 Å². The van der Waals surface area contributed by atoms with Crippen molar-refractivity contribution >= 4 is 5.84 Å². The maximum atomic E-state index is 8.98. The first-order valence-electron chi connectivity index (χ1n) is 7.74. The Kier molecular flexibility index (Phi) is 8.06. The quantitative estimate of drug-likeness (QED) is 0.608. The van der Waals surface area contributed by atoms with E-state index in [1.807, 2.05) is 0 Å². The number of hydrogen-bond acceptors (Lipinski definition) is 3. The lowest BCUT2D eigenvalue weighted by Crippen LogP contribution is -2.29. The van der Waals surface area contributed by atoms with Crippen LogP contribution in [0.1, 0.15) is 65.2 Å². The van der Waals surface area contributed by atoms with Gasteiger partial charge >= 0.3 is 0 Å². The maximum Gasteiger partial charge on any atom is 0.0993 e. The topological polar surface area (TPSA) is 35.8 Å². The molecule has 1 rings (SSSR count). The first-order chi connectivity index (χ1) is 8.81. The van der Waals surface area contributed by atoms with Crippen LogP contribution in [-0.2, 0) is 0 Å². The molecule has 0 amide bonds. The summed E-state index contributed by atoms with van der Waals surface area (Å²) in [7, 11) is 0. The van der Waals surface area contributed by atoms with Gasteiger partial charge in [-0.2, -0.15) is 0 Å². The van der Waals surface area contributed by atoms with E-state index in [0.29, 0.717) is 6.04 Å². The molecule has 0 bridgehead atoms. The van der Waals surface area contributed by atoms with Gasteiger partial charge in [-0.25, -0.2) is 0 Å². The van der Waals surface area contributed by atoms with Crippen LogP contribution in [0.2, 0.25) is 0 Å². The average molecular weight is 254 g/mol. The van der Waals surface area contributed by atoms with E-state index in [9.17, 15) is 0 Å². The summed E-state index contributed by atoms with van der Waals surface area (Å²) in [5, 5.41) is 8.98. The van der Waals surface area contributed by atoms with Gasteiger partial charge in [0.1, 0.15) is 0 Å². The maximum absolute atomic E-state index is 8.98. The zero-order chi connectivity index (χ0) is 13.2. The van der Waals surface area contributed by atoms with Crippen LogP contribution in [0.4, 0.5) is 0 Å². The molecule has 0 radical (unpaired) electrons. The van der Waals surface area contributed by atoms with Gasteiger partial charge in [0.25, 0.3) is 0 Å². The fourth-order valence-electron chi connectivity index (χ4n) is 2.60. The van der Waals surface area contributed by atoms with Crippen molar-refractivity contribution < 1.29 is 5.11 Å². The second-order valence-electron chi connectivity index (χ2n) is 5.27. The van der Waals surface area contributed by atoms with Crippen molar-refractivity contribution in [3.63, 3.8) is 0 Å². The van der Waals surface area contributed by atoms with Crippen LogP contribution in [0.25, 0.3) is 0 Å². The number of rotatable bonds is 10. The normalized spacial score (nSPS) is 19.4. The number of aliphatic imine (C=N–C) groups is 1. The summed E-state index contributed by atoms with van der Waals surface area (Å²) in [5.74, 6) is 1.28. The van der Waals surface area contributed by atoms with Crippen LogP contribution in [0, 0.1) is 0 Å². The third-order valence-corrected chi connectivity index (χ3v) is 3.73. The van der Waals surface area contributed by atoms with Crippen molar-refractivity contribution in [1.29, 1.82) is 0 Å². The Balaban J connectivity index is 2.20. The van der Waals surface area contributed by atoms with E-state index in [-0.39, 0.29) is 6.61 Å². The highest BCUT2D eigenvalue weighted by Crippen LogP contribution is 2.16. The van der Waals surface area contributed by atoms with Crippen molar-refractivity contribution in [1.82, 2.24) is 4.90 Å². The third-order valence-electron chi connectivity index (χ3n) is 3.73. The number of aliphatic hydroxyl groups is 1. The van der Waals surface area contributed by atoms with Gasteiger partial charge in [-0.3, -0.25) is 4.99 Å². The minimum Gasteiger partial charge on any atom is -0.396 e. The third kappa shape index (κ3) is 5.38. The number of aliphatic hydroxyl groups excluding tert-OH is 1. The summed E-state index contributed by atoms with van der Waals surface area (Å²) in [6, 6.07) is 0.338. The van der Waals surface area contributed by atoms with E-state index >= 15 is 0 Å². The predicted molar refractivity (Wildman–Crippen MR) is 78.2 cm³/mol. The number of hydrogen-bond donors (Lipinski definition) is 1. The Morgan fingerprint density at radius 2 is 1.89 bits per heavy atom. The fraction of sp³-hybridized carbons (Fsp3) is 0.933. The van der Waals surface area contributed by atoms with Gasteiger partial charge in [-0.1, -0.05) is 39.0 Å². The molecule has 0 saturated carbocycles. The van der Waals surface area contributed by atoms with Crippen LogP contribution in [-0.4, -0.2) is 41.6 Å². The molecule has 0 fully saturated rings. The molecular formula is C15H30N2O. The number of likely N-dealkylation sites (N-methyl/N-ethyl adjacent to an activating group) is 1. The Morgan fingerprint density at radius 3 is 2.56 bits per heavy atom. The molecule has 3 heteroatoms. The lowest BCUT2D eigenvalue weighted by molar-refractivity contribution is 0.271. The van der Waals surface area contributed by atoms with E-state index < -0.39 is 0 Å². The van der Waals surface area contributed by atoms with Crippen LogP contribution >= 0.6 is 0 Å². The largest absolute Gasteiger partial charge is 0.396 e. The molecule has 0 aliphatic carbocycles. The standard InChI is InChI=1S/C15H30N2O/c1-3-5-6-7-8-9-10-15-16-14(11-12-18)13-17(15)4-2/h14,18H,3-13H2,1-2H3. The summed E-state index contributed by atoms with van der Waals surface area (Å²) in [5.41, 5.74) is 0. The van der Waals surface area contributed by atoms with Gasteiger partial charge < -0.3 is 10.0 Å². The highest BCUT2D eigenvalue weighted by atomic mass is 16.3. The molecule has 1 N–H and O–H groups in total. The van der Waals surface area contributed by atoms with Crippen LogP contribution < -0.4 is 0 Å². The lowest BCUT2D eigenvalue weighted by Gasteiger charge is -2.18. The summed E-state index contributed by atoms with van der Waals surface area (Å²) in [6.45, 7) is 6.78. The second kappa shape index (κ2) is 9.37. The molecule has 0 saturated heterocycles. The molecular weight excluding hydrogens is 224 g/mol. The minimum absolute atomic E-state index is 0.260. The van der Waals surface area contributed by atoms with Crippen LogP contribution in [0.5, 0.6) is 0 Å². The lowest BCUT2D eigenvalue weighted by atomic mass is 10.1. The van der Waals surface area contributed by atoms with Crippen molar-refractivity contribution in [2.45, 2.75) is 71.3 Å². The van der Waals surface area contributed by atoms with E-state index in [0.717, 1.165) is 25.9 Å². The van der Waals surface area contributed by atoms with Gasteiger partial charge in [0.2, 0.25) is 0 Å². The van der Waals surface area contributed by atoms with Gasteiger partial charge in [0.15, 0.2) is 0 Å². The van der Waals surface area contributed by atoms with Crippen molar-refractivity contribution in [3.8, 4) is 0 Å². The summed E-state index contributed by atoms with van der Waals surface area (Å²) >= 11 is 0. The zero-order valence-corrected chi connectivity index (χ0v) is 12.2. The fourth-order valence-corrected chi connectivity index (χ4v) is 2.60. The van der Waals surface area contributed by atoms with Crippen molar-refractivity contribution in [2.24, 2.45) is 4.99 Å². The molecule has 0 aromatic heterocycles. The Bertz CT molecular complexity index is 241. The molecule has 1 atom stereocenters. The molecule has 1 heterocycles. The zero-order valence-electron chi connectivity index (χ0n) is 12.2. The molecule has 18 heavy (non-hydrogen) atoms. The van der Waals surface area contributed by atoms with E-state index in [4.69, 9.17) is 10.1 Å². The smallest absolute Gasteiger partial charge is 0.0993 e. The van der Waals surface area contributed by atoms with Crippen LogP contribution in [0.3, 0.4) is 0 Å². The van der Waals surface area contributed by atoms with E-state index in [1.54, 1.807) is 0 Å². The summed E-state index contributed by atoms with van der Waals surface area (Å²) < 4.78 is 0. The first kappa shape index (κ1) is 15.5. The Labute approximate surface area is 112 Å². The molecule has 1 aliphatic heterocycles. The summed E-state index contributed by atoms with van der Waals surface area (Å²) in [4.78, 5) is 7.13. The highest BCUT2D eigenvalue weighted by Gasteiger charge is 2.22. The molecule has 106 valence electrons.